The lowest BCUT2D eigenvalue weighted by atomic mass is 9.92. The molecule has 0 aromatic heterocycles. The molecule has 1 saturated carbocycles. The molecule has 1 fully saturated rings. The van der Waals surface area contributed by atoms with Gasteiger partial charge in [0.15, 0.2) is 0 Å². The number of rotatable bonds is 4. The summed E-state index contributed by atoms with van der Waals surface area (Å²) in [4.78, 5) is 12.8. The molecule has 3 nitrogen and oxygen atoms in total. The zero-order valence-electron chi connectivity index (χ0n) is 11.1. The summed E-state index contributed by atoms with van der Waals surface area (Å²) in [5, 5.41) is 8.90. The predicted octanol–water partition coefficient (Wildman–Crippen LogP) is 2.65. The number of carbonyl (C=O) groups is 1. The van der Waals surface area contributed by atoms with Crippen LogP contribution in [0.15, 0.2) is 24.3 Å². The van der Waals surface area contributed by atoms with E-state index in [2.05, 4.69) is 31.2 Å². The van der Waals surface area contributed by atoms with Crippen molar-refractivity contribution >= 4 is 5.97 Å². The fraction of sp³-hybridized carbons (Fsp3) is 0.533. The predicted molar refractivity (Wildman–Crippen MR) is 71.8 cm³/mol. The molecule has 0 radical (unpaired) electrons. The number of benzene rings is 1. The maximum atomic E-state index is 10.8. The highest BCUT2D eigenvalue weighted by molar-refractivity contribution is 5.69. The van der Waals surface area contributed by atoms with Crippen LogP contribution in [0.5, 0.6) is 0 Å². The van der Waals surface area contributed by atoms with E-state index < -0.39 is 5.97 Å². The number of nitrogens with zero attached hydrogens (tertiary/aromatic N) is 1. The molecule has 98 valence electrons. The monoisotopic (exact) mass is 247 g/mol. The highest BCUT2D eigenvalue weighted by Crippen LogP contribution is 2.37. The first-order valence-corrected chi connectivity index (χ1v) is 6.56. The molecule has 3 heteroatoms. The van der Waals surface area contributed by atoms with Gasteiger partial charge in [0.2, 0.25) is 0 Å². The Morgan fingerprint density at radius 1 is 1.33 bits per heavy atom. The van der Waals surface area contributed by atoms with Gasteiger partial charge in [-0.15, -0.1) is 0 Å². The van der Waals surface area contributed by atoms with E-state index in [0.29, 0.717) is 12.0 Å². The molecule has 2 rings (SSSR count). The number of hydrogen-bond donors (Lipinski definition) is 1. The van der Waals surface area contributed by atoms with Crippen molar-refractivity contribution in [3.05, 3.63) is 35.4 Å². The zero-order chi connectivity index (χ0) is 13.1. The molecule has 0 spiro atoms. The minimum absolute atomic E-state index is 0.132. The van der Waals surface area contributed by atoms with E-state index in [1.165, 1.54) is 17.5 Å². The maximum Gasteiger partial charge on any atom is 0.317 e. The molecule has 1 aliphatic carbocycles. The van der Waals surface area contributed by atoms with Crippen molar-refractivity contribution in [2.75, 3.05) is 13.6 Å². The van der Waals surface area contributed by atoms with Crippen LogP contribution in [0.3, 0.4) is 0 Å². The van der Waals surface area contributed by atoms with Crippen LogP contribution in [0, 0.1) is 6.92 Å². The van der Waals surface area contributed by atoms with Crippen LogP contribution in [-0.4, -0.2) is 35.6 Å². The maximum absolute atomic E-state index is 10.8. The second-order valence-corrected chi connectivity index (χ2v) is 5.32. The van der Waals surface area contributed by atoms with Gasteiger partial charge in [0.05, 0.1) is 6.54 Å². The number of hydrogen-bond acceptors (Lipinski definition) is 2. The third kappa shape index (κ3) is 2.91. The van der Waals surface area contributed by atoms with Crippen molar-refractivity contribution in [2.24, 2.45) is 0 Å². The molecule has 2 atom stereocenters. The van der Waals surface area contributed by atoms with Crippen LogP contribution < -0.4 is 0 Å². The van der Waals surface area contributed by atoms with Gasteiger partial charge in [0.25, 0.3) is 0 Å². The van der Waals surface area contributed by atoms with Gasteiger partial charge < -0.3 is 5.11 Å². The lowest BCUT2D eigenvalue weighted by molar-refractivity contribution is -0.138. The van der Waals surface area contributed by atoms with Crippen LogP contribution in [0.25, 0.3) is 0 Å². The molecule has 18 heavy (non-hydrogen) atoms. The largest absolute Gasteiger partial charge is 0.480 e. The molecule has 0 bridgehead atoms. The van der Waals surface area contributed by atoms with Crippen LogP contribution in [0.2, 0.25) is 0 Å². The summed E-state index contributed by atoms with van der Waals surface area (Å²) in [7, 11) is 1.92. The summed E-state index contributed by atoms with van der Waals surface area (Å²) < 4.78 is 0. The van der Waals surface area contributed by atoms with Crippen molar-refractivity contribution in [1.82, 2.24) is 4.90 Å². The van der Waals surface area contributed by atoms with Crippen LogP contribution in [0.4, 0.5) is 0 Å². The molecule has 2 unspecified atom stereocenters. The van der Waals surface area contributed by atoms with Crippen molar-refractivity contribution in [2.45, 2.75) is 38.1 Å². The van der Waals surface area contributed by atoms with E-state index in [9.17, 15) is 4.79 Å². The second-order valence-electron chi connectivity index (χ2n) is 5.32. The number of carboxylic acids is 1. The first-order chi connectivity index (χ1) is 8.58. The Bertz CT molecular complexity index is 413. The Kier molecular flexibility index (Phi) is 4.02. The highest BCUT2D eigenvalue weighted by atomic mass is 16.4. The average molecular weight is 247 g/mol. The van der Waals surface area contributed by atoms with Crippen LogP contribution >= 0.6 is 0 Å². The molecule has 0 amide bonds. The number of likely N-dealkylation sites (N-methyl/N-ethyl adjacent to an activating group) is 1. The van der Waals surface area contributed by atoms with Crippen LogP contribution in [-0.2, 0) is 4.79 Å². The Hall–Kier alpha value is -1.35. The lowest BCUT2D eigenvalue weighted by Gasteiger charge is -2.28. The Balaban J connectivity index is 2.11. The van der Waals surface area contributed by atoms with Gasteiger partial charge in [-0.3, -0.25) is 9.69 Å². The fourth-order valence-corrected chi connectivity index (χ4v) is 3.00. The van der Waals surface area contributed by atoms with Crippen molar-refractivity contribution < 1.29 is 9.90 Å². The molecule has 1 aromatic carbocycles. The van der Waals surface area contributed by atoms with Crippen molar-refractivity contribution in [3.8, 4) is 0 Å². The Labute approximate surface area is 108 Å². The Morgan fingerprint density at radius 3 is 2.61 bits per heavy atom. The fourth-order valence-electron chi connectivity index (χ4n) is 3.00. The number of aryl methyl sites for hydroxylation is 1. The molecule has 0 aliphatic heterocycles. The van der Waals surface area contributed by atoms with E-state index >= 15 is 0 Å². The van der Waals surface area contributed by atoms with Gasteiger partial charge >= 0.3 is 5.97 Å². The number of carboxylic acid groups (broad SMARTS) is 1. The topological polar surface area (TPSA) is 40.5 Å². The molecule has 0 heterocycles. The normalized spacial score (nSPS) is 23.5. The van der Waals surface area contributed by atoms with Crippen LogP contribution in [0.1, 0.15) is 36.3 Å². The zero-order valence-corrected chi connectivity index (χ0v) is 11.1. The smallest absolute Gasteiger partial charge is 0.317 e. The van der Waals surface area contributed by atoms with E-state index in [4.69, 9.17) is 5.11 Å². The van der Waals surface area contributed by atoms with Gasteiger partial charge in [-0.05, 0) is 38.3 Å². The molecular weight excluding hydrogens is 226 g/mol. The lowest BCUT2D eigenvalue weighted by Crippen LogP contribution is -2.37. The minimum atomic E-state index is -0.743. The summed E-state index contributed by atoms with van der Waals surface area (Å²) >= 11 is 0. The van der Waals surface area contributed by atoms with E-state index in [-0.39, 0.29) is 6.54 Å². The van der Waals surface area contributed by atoms with E-state index in [1.807, 2.05) is 11.9 Å². The summed E-state index contributed by atoms with van der Waals surface area (Å²) in [5.74, 6) is -0.262. The van der Waals surface area contributed by atoms with Gasteiger partial charge in [-0.1, -0.05) is 36.2 Å². The molecule has 1 N–H and O–H groups in total. The van der Waals surface area contributed by atoms with E-state index in [0.717, 1.165) is 12.8 Å². The molecule has 1 aromatic rings. The Morgan fingerprint density at radius 2 is 2.00 bits per heavy atom. The molecular formula is C15H21NO2. The molecule has 0 saturated heterocycles. The highest BCUT2D eigenvalue weighted by Gasteiger charge is 2.31. The van der Waals surface area contributed by atoms with Gasteiger partial charge in [-0.2, -0.15) is 0 Å². The first-order valence-electron chi connectivity index (χ1n) is 6.56. The summed E-state index contributed by atoms with van der Waals surface area (Å²) in [6.45, 7) is 2.22. The quantitative estimate of drug-likeness (QED) is 0.889. The third-order valence-electron chi connectivity index (χ3n) is 3.94. The third-order valence-corrected chi connectivity index (χ3v) is 3.94. The summed E-state index contributed by atoms with van der Waals surface area (Å²) in [5.41, 5.74) is 2.62. The number of aliphatic carboxylic acids is 1. The second kappa shape index (κ2) is 5.53. The average Bonchev–Trinajstić information content (AvgIpc) is 2.78. The molecule has 1 aliphatic rings. The first kappa shape index (κ1) is 13.1. The van der Waals surface area contributed by atoms with E-state index in [1.54, 1.807) is 0 Å². The summed E-state index contributed by atoms with van der Waals surface area (Å²) in [6.07, 6.45) is 3.45. The van der Waals surface area contributed by atoms with Gasteiger partial charge in [-0.25, -0.2) is 0 Å². The SMILES string of the molecule is Cc1ccc(C2CCCC2N(C)CC(=O)O)cc1. The minimum Gasteiger partial charge on any atom is -0.480 e. The van der Waals surface area contributed by atoms with Crippen molar-refractivity contribution in [3.63, 3.8) is 0 Å². The van der Waals surface area contributed by atoms with Gasteiger partial charge in [0.1, 0.15) is 0 Å². The van der Waals surface area contributed by atoms with Crippen molar-refractivity contribution in [1.29, 1.82) is 0 Å². The summed E-state index contributed by atoms with van der Waals surface area (Å²) in [6, 6.07) is 9.02. The standard InChI is InChI=1S/C15H21NO2/c1-11-6-8-12(9-7-11)13-4-3-5-14(13)16(2)10-15(17)18/h6-9,13-14H,3-5,10H2,1-2H3,(H,17,18). The van der Waals surface area contributed by atoms with Gasteiger partial charge in [0, 0.05) is 6.04 Å².